The summed E-state index contributed by atoms with van der Waals surface area (Å²) in [6.07, 6.45) is 4.06. The Labute approximate surface area is 150 Å². The van der Waals surface area contributed by atoms with Crippen LogP contribution in [-0.4, -0.2) is 32.1 Å². The number of esters is 1. The zero-order valence-electron chi connectivity index (χ0n) is 16.1. The summed E-state index contributed by atoms with van der Waals surface area (Å²) in [4.78, 5) is 12.3. The molecule has 2 aromatic heterocycles. The molecule has 0 aliphatic heterocycles. The van der Waals surface area contributed by atoms with Crippen molar-refractivity contribution in [3.05, 3.63) is 34.4 Å². The Hall–Kier alpha value is -2.11. The Morgan fingerprint density at radius 2 is 1.84 bits per heavy atom. The molecule has 2 heterocycles. The van der Waals surface area contributed by atoms with Crippen molar-refractivity contribution < 1.29 is 9.53 Å². The maximum atomic E-state index is 12.3. The minimum atomic E-state index is -0.261. The monoisotopic (exact) mass is 346 g/mol. The van der Waals surface area contributed by atoms with E-state index in [9.17, 15) is 4.79 Å². The fourth-order valence-electron chi connectivity index (χ4n) is 3.22. The number of rotatable bonds is 9. The van der Waals surface area contributed by atoms with Crippen molar-refractivity contribution in [2.45, 2.75) is 73.4 Å². The molecule has 0 aromatic carbocycles. The van der Waals surface area contributed by atoms with Crippen LogP contribution in [0.15, 0.2) is 6.07 Å². The highest BCUT2D eigenvalue weighted by molar-refractivity contribution is 5.89. The van der Waals surface area contributed by atoms with Crippen LogP contribution >= 0.6 is 0 Å². The highest BCUT2D eigenvalue weighted by Gasteiger charge is 2.21. The number of hydrogen-bond acceptors (Lipinski definition) is 4. The Morgan fingerprint density at radius 1 is 1.08 bits per heavy atom. The third-order valence-corrected chi connectivity index (χ3v) is 4.42. The summed E-state index contributed by atoms with van der Waals surface area (Å²) >= 11 is 0. The van der Waals surface area contributed by atoms with Gasteiger partial charge in [-0.2, -0.15) is 10.2 Å². The number of unbranched alkanes of at least 4 members (excludes halogenated alkanes) is 2. The van der Waals surface area contributed by atoms with E-state index in [0.29, 0.717) is 18.8 Å². The molecule has 0 unspecified atom stereocenters. The zero-order valence-corrected chi connectivity index (χ0v) is 16.1. The molecular formula is C19H30N4O2. The predicted molar refractivity (Wildman–Crippen MR) is 97.9 cm³/mol. The van der Waals surface area contributed by atoms with Gasteiger partial charge in [-0.1, -0.05) is 6.42 Å². The fourth-order valence-corrected chi connectivity index (χ4v) is 3.22. The molecule has 0 atom stereocenters. The van der Waals surface area contributed by atoms with Gasteiger partial charge in [-0.25, -0.2) is 4.79 Å². The van der Waals surface area contributed by atoms with Crippen molar-refractivity contribution in [2.24, 2.45) is 0 Å². The van der Waals surface area contributed by atoms with Crippen molar-refractivity contribution in [1.82, 2.24) is 19.6 Å². The summed E-state index contributed by atoms with van der Waals surface area (Å²) in [5.41, 5.74) is 4.87. The topological polar surface area (TPSA) is 61.9 Å². The average Bonchev–Trinajstić information content (AvgIpc) is 3.06. The molecule has 0 fully saturated rings. The first-order chi connectivity index (χ1) is 12.0. The zero-order chi connectivity index (χ0) is 18.4. The van der Waals surface area contributed by atoms with E-state index in [2.05, 4.69) is 27.9 Å². The molecule has 0 radical (unpaired) electrons. The van der Waals surface area contributed by atoms with Gasteiger partial charge >= 0.3 is 5.97 Å². The van der Waals surface area contributed by atoms with Crippen molar-refractivity contribution >= 4 is 5.97 Å². The first-order valence-electron chi connectivity index (χ1n) is 9.22. The number of carbonyl (C=O) groups is 1. The molecule has 0 bridgehead atoms. The van der Waals surface area contributed by atoms with Gasteiger partial charge in [0.2, 0.25) is 0 Å². The van der Waals surface area contributed by atoms with Crippen LogP contribution in [0.25, 0.3) is 0 Å². The van der Waals surface area contributed by atoms with Gasteiger partial charge in [-0.15, -0.1) is 0 Å². The second-order valence-electron chi connectivity index (χ2n) is 6.41. The maximum Gasteiger partial charge on any atom is 0.356 e. The molecule has 0 N–H and O–H groups in total. The SMILES string of the molecule is CCOC(=O)c1c(CCCCCn2nc(C)cc2C)c(C)nn1CC. The molecule has 0 saturated heterocycles. The van der Waals surface area contributed by atoms with E-state index in [4.69, 9.17) is 4.74 Å². The lowest BCUT2D eigenvalue weighted by molar-refractivity contribution is 0.0510. The van der Waals surface area contributed by atoms with E-state index in [1.807, 2.05) is 27.7 Å². The second kappa shape index (κ2) is 8.83. The number of carbonyl (C=O) groups excluding carboxylic acids is 1. The normalized spacial score (nSPS) is 11.1. The van der Waals surface area contributed by atoms with Crippen LogP contribution < -0.4 is 0 Å². The van der Waals surface area contributed by atoms with Gasteiger partial charge in [0, 0.05) is 24.3 Å². The summed E-state index contributed by atoms with van der Waals surface area (Å²) in [5.74, 6) is -0.261. The van der Waals surface area contributed by atoms with E-state index in [1.54, 1.807) is 4.68 Å². The number of nitrogens with zero attached hydrogens (tertiary/aromatic N) is 4. The van der Waals surface area contributed by atoms with Gasteiger partial charge in [0.1, 0.15) is 5.69 Å². The van der Waals surface area contributed by atoms with Gasteiger partial charge < -0.3 is 4.74 Å². The lowest BCUT2D eigenvalue weighted by Gasteiger charge is -2.08. The van der Waals surface area contributed by atoms with Gasteiger partial charge in [0.25, 0.3) is 0 Å². The number of hydrogen-bond donors (Lipinski definition) is 0. The summed E-state index contributed by atoms with van der Waals surface area (Å²) in [7, 11) is 0. The lowest BCUT2D eigenvalue weighted by atomic mass is 10.0. The first-order valence-corrected chi connectivity index (χ1v) is 9.22. The van der Waals surface area contributed by atoms with E-state index in [-0.39, 0.29) is 5.97 Å². The molecule has 2 rings (SSSR count). The highest BCUT2D eigenvalue weighted by atomic mass is 16.5. The quantitative estimate of drug-likeness (QED) is 0.514. The number of aryl methyl sites for hydroxylation is 5. The van der Waals surface area contributed by atoms with Crippen molar-refractivity contribution in [1.29, 1.82) is 0 Å². The molecule has 6 nitrogen and oxygen atoms in total. The molecule has 0 saturated carbocycles. The molecule has 0 aliphatic rings. The Balaban J connectivity index is 1.92. The van der Waals surface area contributed by atoms with Crippen LogP contribution in [0.2, 0.25) is 0 Å². The first kappa shape index (κ1) is 19.2. The van der Waals surface area contributed by atoms with Crippen LogP contribution in [0.5, 0.6) is 0 Å². The molecule has 0 amide bonds. The molecule has 0 spiro atoms. The number of aromatic nitrogens is 4. The van der Waals surface area contributed by atoms with Gasteiger partial charge in [-0.05, 0) is 59.9 Å². The minimum Gasteiger partial charge on any atom is -0.461 e. The maximum absolute atomic E-state index is 12.3. The van der Waals surface area contributed by atoms with Crippen LogP contribution in [0.3, 0.4) is 0 Å². The minimum absolute atomic E-state index is 0.261. The van der Waals surface area contributed by atoms with E-state index in [0.717, 1.165) is 49.2 Å². The third-order valence-electron chi connectivity index (χ3n) is 4.42. The van der Waals surface area contributed by atoms with Gasteiger partial charge in [-0.3, -0.25) is 9.36 Å². The average molecular weight is 346 g/mol. The molecule has 2 aromatic rings. The third kappa shape index (κ3) is 4.71. The van der Waals surface area contributed by atoms with Crippen LogP contribution in [0.4, 0.5) is 0 Å². The fraction of sp³-hybridized carbons (Fsp3) is 0.632. The summed E-state index contributed by atoms with van der Waals surface area (Å²) < 4.78 is 9.05. The molecule has 138 valence electrons. The Bertz CT molecular complexity index is 715. The Kier molecular flexibility index (Phi) is 6.79. The summed E-state index contributed by atoms with van der Waals surface area (Å²) in [6.45, 7) is 11.9. The highest BCUT2D eigenvalue weighted by Crippen LogP contribution is 2.19. The molecule has 25 heavy (non-hydrogen) atoms. The van der Waals surface area contributed by atoms with E-state index >= 15 is 0 Å². The predicted octanol–water partition coefficient (Wildman–Crippen LogP) is 3.61. The second-order valence-corrected chi connectivity index (χ2v) is 6.41. The summed E-state index contributed by atoms with van der Waals surface area (Å²) in [6, 6.07) is 2.11. The molecular weight excluding hydrogens is 316 g/mol. The summed E-state index contributed by atoms with van der Waals surface area (Å²) in [5, 5.41) is 8.99. The van der Waals surface area contributed by atoms with Crippen molar-refractivity contribution in [2.75, 3.05) is 6.61 Å². The number of ether oxygens (including phenoxy) is 1. The van der Waals surface area contributed by atoms with Gasteiger partial charge in [0.05, 0.1) is 18.0 Å². The Morgan fingerprint density at radius 3 is 2.44 bits per heavy atom. The largest absolute Gasteiger partial charge is 0.461 e. The molecule has 6 heteroatoms. The van der Waals surface area contributed by atoms with Crippen LogP contribution in [0, 0.1) is 20.8 Å². The smallest absolute Gasteiger partial charge is 0.356 e. The van der Waals surface area contributed by atoms with Crippen LogP contribution in [0.1, 0.15) is 66.2 Å². The van der Waals surface area contributed by atoms with Gasteiger partial charge in [0.15, 0.2) is 0 Å². The molecule has 0 aliphatic carbocycles. The van der Waals surface area contributed by atoms with Crippen molar-refractivity contribution in [3.63, 3.8) is 0 Å². The standard InChI is InChI=1S/C19H30N4O2/c1-6-22-18(19(24)25-7-2)17(16(5)21-22)11-9-8-10-12-23-15(4)13-14(3)20-23/h13H,6-12H2,1-5H3. The lowest BCUT2D eigenvalue weighted by Crippen LogP contribution is -2.14. The van der Waals surface area contributed by atoms with E-state index < -0.39 is 0 Å². The van der Waals surface area contributed by atoms with Crippen LogP contribution in [-0.2, 0) is 24.2 Å². The van der Waals surface area contributed by atoms with Crippen molar-refractivity contribution in [3.8, 4) is 0 Å². The van der Waals surface area contributed by atoms with E-state index in [1.165, 1.54) is 5.69 Å².